The largest absolute Gasteiger partial charge is 0.487 e. The Morgan fingerprint density at radius 2 is 1.93 bits per heavy atom. The van der Waals surface area contributed by atoms with Crippen LogP contribution in [0.15, 0.2) is 66.6 Å². The number of carbonyl (C=O) groups is 2. The van der Waals surface area contributed by atoms with Gasteiger partial charge in [0.25, 0.3) is 15.9 Å². The van der Waals surface area contributed by atoms with Gasteiger partial charge >= 0.3 is 6.09 Å². The zero-order valence-electron chi connectivity index (χ0n) is 26.7. The van der Waals surface area contributed by atoms with Crippen LogP contribution < -0.4 is 19.7 Å². The zero-order valence-corrected chi connectivity index (χ0v) is 28.3. The highest BCUT2D eigenvalue weighted by Crippen LogP contribution is 2.41. The fraction of sp³-hybridized carbons (Fsp3) is 0.471. The number of halogens is 1. The van der Waals surface area contributed by atoms with Crippen molar-refractivity contribution in [1.29, 1.82) is 0 Å². The number of alkyl carbamates (subject to hydrolysis) is 1. The number of anilines is 1. The van der Waals surface area contributed by atoms with Crippen LogP contribution in [0, 0.1) is 11.8 Å². The van der Waals surface area contributed by atoms with Gasteiger partial charge in [0.2, 0.25) is 0 Å². The van der Waals surface area contributed by atoms with E-state index in [2.05, 4.69) is 28.1 Å². The third-order valence-electron chi connectivity index (χ3n) is 8.71. The molecular formula is C34H44ClN3O7S. The Morgan fingerprint density at radius 3 is 2.61 bits per heavy atom. The summed E-state index contributed by atoms with van der Waals surface area (Å²) in [6.07, 6.45) is 7.09. The molecule has 0 saturated heterocycles. The number of benzene rings is 2. The molecule has 2 aromatic carbocycles. The molecule has 2 N–H and O–H groups in total. The predicted octanol–water partition coefficient (Wildman–Crippen LogP) is 5.78. The van der Waals surface area contributed by atoms with Crippen LogP contribution in [0.3, 0.4) is 0 Å². The van der Waals surface area contributed by atoms with Crippen molar-refractivity contribution in [2.75, 3.05) is 31.7 Å². The molecule has 2 aliphatic rings. The Balaban J connectivity index is 1.68. The fourth-order valence-corrected chi connectivity index (χ4v) is 7.15. The van der Waals surface area contributed by atoms with Gasteiger partial charge in [0, 0.05) is 18.1 Å². The molecule has 12 heteroatoms. The Labute approximate surface area is 277 Å². The lowest BCUT2D eigenvalue weighted by Crippen LogP contribution is -2.49. The number of rotatable bonds is 11. The Bertz CT molecular complexity index is 1550. The van der Waals surface area contributed by atoms with Crippen LogP contribution in [-0.4, -0.2) is 58.9 Å². The first-order valence-corrected chi connectivity index (χ1v) is 17.3. The minimum Gasteiger partial charge on any atom is -0.487 e. The highest BCUT2D eigenvalue weighted by atomic mass is 35.5. The predicted molar refractivity (Wildman–Crippen MR) is 179 cm³/mol. The van der Waals surface area contributed by atoms with Gasteiger partial charge in [0.05, 0.1) is 30.3 Å². The minimum absolute atomic E-state index is 0.0729. The van der Waals surface area contributed by atoms with Crippen molar-refractivity contribution in [1.82, 2.24) is 10.0 Å². The van der Waals surface area contributed by atoms with Gasteiger partial charge < -0.3 is 24.4 Å². The molecule has 250 valence electrons. The summed E-state index contributed by atoms with van der Waals surface area (Å²) < 4.78 is 45.9. The lowest BCUT2D eigenvalue weighted by Gasteiger charge is -2.44. The number of aryl methyl sites for hydroxylation is 1. The Morgan fingerprint density at radius 1 is 1.15 bits per heavy atom. The van der Waals surface area contributed by atoms with Crippen LogP contribution in [0.2, 0.25) is 5.02 Å². The molecule has 0 unspecified atom stereocenters. The van der Waals surface area contributed by atoms with Crippen LogP contribution in [0.5, 0.6) is 5.75 Å². The summed E-state index contributed by atoms with van der Waals surface area (Å²) in [6, 6.07) is 10.1. The Kier molecular flexibility index (Phi) is 11.8. The van der Waals surface area contributed by atoms with Gasteiger partial charge in [-0.25, -0.2) is 17.9 Å². The summed E-state index contributed by atoms with van der Waals surface area (Å²) in [5.74, 6) is 0.0538. The summed E-state index contributed by atoms with van der Waals surface area (Å²) in [5, 5.41) is 3.54. The molecule has 1 saturated carbocycles. The van der Waals surface area contributed by atoms with Crippen molar-refractivity contribution >= 4 is 39.3 Å². The topological polar surface area (TPSA) is 123 Å². The normalized spacial score (nSPS) is 19.1. The van der Waals surface area contributed by atoms with Gasteiger partial charge in [-0.3, -0.25) is 4.79 Å². The third-order valence-corrected chi connectivity index (χ3v) is 10.3. The van der Waals surface area contributed by atoms with Gasteiger partial charge in [-0.2, -0.15) is 0 Å². The smallest absolute Gasteiger partial charge is 0.407 e. The number of carbonyl (C=O) groups excluding carboxylic acids is 2. The van der Waals surface area contributed by atoms with Crippen molar-refractivity contribution in [2.24, 2.45) is 11.8 Å². The maximum atomic E-state index is 13.5. The van der Waals surface area contributed by atoms with E-state index in [-0.39, 0.29) is 36.0 Å². The molecule has 0 bridgehead atoms. The maximum absolute atomic E-state index is 13.5. The van der Waals surface area contributed by atoms with Gasteiger partial charge in [0.15, 0.2) is 0 Å². The molecule has 1 heterocycles. The van der Waals surface area contributed by atoms with E-state index in [1.807, 2.05) is 18.2 Å². The van der Waals surface area contributed by atoms with E-state index in [1.54, 1.807) is 18.2 Å². The molecule has 0 aromatic heterocycles. The highest BCUT2D eigenvalue weighted by Gasteiger charge is 2.38. The monoisotopic (exact) mass is 673 g/mol. The molecule has 10 nitrogen and oxygen atoms in total. The van der Waals surface area contributed by atoms with Gasteiger partial charge in [-0.1, -0.05) is 29.8 Å². The molecule has 0 spiro atoms. The number of nitrogens with zero attached hydrogens (tertiary/aromatic N) is 1. The summed E-state index contributed by atoms with van der Waals surface area (Å²) in [7, 11) is -2.94. The average Bonchev–Trinajstić information content (AvgIpc) is 3.04. The zero-order chi connectivity index (χ0) is 33.5. The molecule has 0 radical (unpaired) electrons. The van der Waals surface area contributed by atoms with Crippen LogP contribution in [0.1, 0.15) is 50.7 Å². The van der Waals surface area contributed by atoms with Crippen molar-refractivity contribution in [3.8, 4) is 5.75 Å². The number of nitrogens with one attached hydrogen (secondary N) is 2. The number of amides is 2. The molecule has 4 rings (SSSR count). The number of fused-ring (bicyclic) bond motifs is 2. The minimum atomic E-state index is -4.26. The summed E-state index contributed by atoms with van der Waals surface area (Å²) >= 11 is 6.31. The molecule has 46 heavy (non-hydrogen) atoms. The van der Waals surface area contributed by atoms with Crippen LogP contribution in [-0.2, 0) is 37.3 Å². The molecule has 1 aliphatic heterocycles. The average molecular weight is 674 g/mol. The highest BCUT2D eigenvalue weighted by molar-refractivity contribution is 7.90. The molecule has 2 amide bonds. The number of methoxy groups -OCH3 is 1. The van der Waals surface area contributed by atoms with E-state index in [4.69, 9.17) is 25.8 Å². The maximum Gasteiger partial charge on any atom is 0.407 e. The van der Waals surface area contributed by atoms with Gasteiger partial charge in [0.1, 0.15) is 18.0 Å². The second kappa shape index (κ2) is 15.4. The van der Waals surface area contributed by atoms with E-state index in [1.165, 1.54) is 33.1 Å². The molecular weight excluding hydrogens is 630 g/mol. The van der Waals surface area contributed by atoms with Crippen molar-refractivity contribution in [2.45, 2.75) is 69.1 Å². The second-order valence-corrected chi connectivity index (χ2v) is 14.3. The van der Waals surface area contributed by atoms with Crippen LogP contribution in [0.25, 0.3) is 0 Å². The second-order valence-electron chi connectivity index (χ2n) is 12.2. The van der Waals surface area contributed by atoms with E-state index < -0.39 is 27.6 Å². The molecule has 3 atom stereocenters. The van der Waals surface area contributed by atoms with Crippen molar-refractivity contribution in [3.63, 3.8) is 0 Å². The quantitative estimate of drug-likeness (QED) is 0.288. The first kappa shape index (κ1) is 35.3. The van der Waals surface area contributed by atoms with Crippen LogP contribution in [0.4, 0.5) is 10.5 Å². The van der Waals surface area contributed by atoms with E-state index in [0.717, 1.165) is 43.2 Å². The van der Waals surface area contributed by atoms with Gasteiger partial charge in [-0.15, -0.1) is 13.2 Å². The molecule has 1 fully saturated rings. The fourth-order valence-electron chi connectivity index (χ4n) is 5.84. The lowest BCUT2D eigenvalue weighted by atomic mass is 9.69. The summed E-state index contributed by atoms with van der Waals surface area (Å²) in [6.45, 7) is 12.1. The number of hydrogen-bond donors (Lipinski definition) is 2. The van der Waals surface area contributed by atoms with E-state index >= 15 is 0 Å². The van der Waals surface area contributed by atoms with Gasteiger partial charge in [-0.05, 0) is 99.2 Å². The Hall–Kier alpha value is -3.54. The number of ether oxygens (including phenoxy) is 3. The van der Waals surface area contributed by atoms with E-state index in [0.29, 0.717) is 29.5 Å². The SMILES string of the molecule is C=CCOC(C)(C)C(=O)NS(=O)(=O)c1ccc2c(c1)N(C[C@@H]1CC[C@H]1[C@@H](C=C)NC(=O)OC)CCCCc1cc(Cl)ccc1CO2. The number of sulfonamides is 1. The standard InChI is InChI=1S/C34H44ClN3O7S/c1-6-18-45-34(3,4)32(39)37-46(41,42)27-14-16-31-30(20-27)38(21-24-12-15-28(24)29(7-2)36-33(40)43-5)17-9-8-10-23-19-26(35)13-11-25(23)22-44-31/h6-7,11,13-14,16,19-20,24,28-29H,1-2,8-10,12,15,17-18,21-22H2,3-5H3,(H,36,40)(H,37,39)/t24-,28+,29+/m0/s1. The summed E-state index contributed by atoms with van der Waals surface area (Å²) in [5.41, 5.74) is 1.34. The third kappa shape index (κ3) is 8.63. The summed E-state index contributed by atoms with van der Waals surface area (Å²) in [4.78, 5) is 27.0. The van der Waals surface area contributed by atoms with E-state index in [9.17, 15) is 18.0 Å². The first-order valence-electron chi connectivity index (χ1n) is 15.5. The number of hydrogen-bond acceptors (Lipinski definition) is 8. The molecule has 1 aliphatic carbocycles. The lowest BCUT2D eigenvalue weighted by molar-refractivity contribution is -0.139. The van der Waals surface area contributed by atoms with Crippen molar-refractivity contribution in [3.05, 3.63) is 77.9 Å². The first-order chi connectivity index (χ1) is 21.9. The van der Waals surface area contributed by atoms with Crippen molar-refractivity contribution < 1.29 is 32.2 Å². The van der Waals surface area contributed by atoms with Crippen LogP contribution >= 0.6 is 11.6 Å². The molecule has 2 aromatic rings.